The number of benzene rings is 2. The summed E-state index contributed by atoms with van der Waals surface area (Å²) in [7, 11) is 0. The van der Waals surface area contributed by atoms with Crippen molar-refractivity contribution in [1.82, 2.24) is 0 Å². The van der Waals surface area contributed by atoms with Crippen molar-refractivity contribution in [3.05, 3.63) is 69.4 Å². The smallest absolute Gasteiger partial charge is 0.129 e. The van der Waals surface area contributed by atoms with E-state index < -0.39 is 11.9 Å². The minimum atomic E-state index is -0.937. The van der Waals surface area contributed by atoms with E-state index in [1.54, 1.807) is 12.1 Å². The highest BCUT2D eigenvalue weighted by Gasteiger charge is 2.15. The predicted molar refractivity (Wildman–Crippen MR) is 74.0 cm³/mol. The van der Waals surface area contributed by atoms with E-state index in [-0.39, 0.29) is 5.56 Å². The summed E-state index contributed by atoms with van der Waals surface area (Å²) in [4.78, 5) is 0. The lowest BCUT2D eigenvalue weighted by molar-refractivity contribution is 0.215. The summed E-state index contributed by atoms with van der Waals surface area (Å²) >= 11 is 3.28. The van der Waals surface area contributed by atoms with Crippen molar-refractivity contribution in [3.63, 3.8) is 0 Å². The standard InChI is InChI=1S/C15H14BrFO/c1-2-10-3-5-11(6-4-10)15(18)13-9-12(16)7-8-14(13)17/h3-9,15,18H,2H2,1H3. The third kappa shape index (κ3) is 2.79. The zero-order valence-electron chi connectivity index (χ0n) is 10.0. The molecule has 3 heteroatoms. The molecule has 1 N–H and O–H groups in total. The topological polar surface area (TPSA) is 20.2 Å². The van der Waals surface area contributed by atoms with Crippen molar-refractivity contribution in [2.24, 2.45) is 0 Å². The van der Waals surface area contributed by atoms with Crippen LogP contribution in [0.5, 0.6) is 0 Å². The van der Waals surface area contributed by atoms with Crippen molar-refractivity contribution in [3.8, 4) is 0 Å². The summed E-state index contributed by atoms with van der Waals surface area (Å²) in [5, 5.41) is 10.2. The van der Waals surface area contributed by atoms with Gasteiger partial charge in [0.1, 0.15) is 11.9 Å². The Labute approximate surface area is 114 Å². The van der Waals surface area contributed by atoms with E-state index in [2.05, 4.69) is 22.9 Å². The maximum Gasteiger partial charge on any atom is 0.129 e. The number of halogens is 2. The molecule has 2 rings (SSSR count). The summed E-state index contributed by atoms with van der Waals surface area (Å²) in [5.41, 5.74) is 2.18. The lowest BCUT2D eigenvalue weighted by atomic mass is 9.99. The highest BCUT2D eigenvalue weighted by molar-refractivity contribution is 9.10. The number of aliphatic hydroxyl groups is 1. The molecule has 2 aromatic rings. The zero-order valence-corrected chi connectivity index (χ0v) is 11.6. The molecule has 18 heavy (non-hydrogen) atoms. The Morgan fingerprint density at radius 1 is 1.17 bits per heavy atom. The van der Waals surface area contributed by atoms with Crippen LogP contribution in [-0.4, -0.2) is 5.11 Å². The van der Waals surface area contributed by atoms with Gasteiger partial charge in [-0.2, -0.15) is 0 Å². The molecule has 0 aliphatic rings. The molecule has 0 heterocycles. The summed E-state index contributed by atoms with van der Waals surface area (Å²) in [6.45, 7) is 2.07. The SMILES string of the molecule is CCc1ccc(C(O)c2cc(Br)ccc2F)cc1. The predicted octanol–water partition coefficient (Wildman–Crippen LogP) is 4.23. The number of rotatable bonds is 3. The van der Waals surface area contributed by atoms with Gasteiger partial charge in [-0.1, -0.05) is 47.1 Å². The van der Waals surface area contributed by atoms with Crippen LogP contribution in [0.15, 0.2) is 46.9 Å². The van der Waals surface area contributed by atoms with Gasteiger partial charge in [0.05, 0.1) is 0 Å². The maximum absolute atomic E-state index is 13.7. The van der Waals surface area contributed by atoms with Crippen molar-refractivity contribution < 1.29 is 9.50 Å². The van der Waals surface area contributed by atoms with E-state index in [4.69, 9.17) is 0 Å². The lowest BCUT2D eigenvalue weighted by Gasteiger charge is -2.13. The molecule has 0 amide bonds. The second-order valence-electron chi connectivity index (χ2n) is 4.16. The molecule has 2 aromatic carbocycles. The van der Waals surface area contributed by atoms with Crippen LogP contribution in [0.3, 0.4) is 0 Å². The maximum atomic E-state index is 13.7. The van der Waals surface area contributed by atoms with Crippen LogP contribution in [-0.2, 0) is 6.42 Å². The molecule has 0 aliphatic heterocycles. The van der Waals surface area contributed by atoms with E-state index in [0.717, 1.165) is 10.9 Å². The van der Waals surface area contributed by atoms with Crippen LogP contribution in [0.1, 0.15) is 29.7 Å². The van der Waals surface area contributed by atoms with E-state index in [9.17, 15) is 9.50 Å². The second kappa shape index (κ2) is 5.63. The van der Waals surface area contributed by atoms with Crippen molar-refractivity contribution in [1.29, 1.82) is 0 Å². The average Bonchev–Trinajstić information content (AvgIpc) is 2.41. The minimum absolute atomic E-state index is 0.286. The van der Waals surface area contributed by atoms with Crippen LogP contribution in [0, 0.1) is 5.82 Å². The Morgan fingerprint density at radius 3 is 2.44 bits per heavy atom. The van der Waals surface area contributed by atoms with Crippen LogP contribution in [0.25, 0.3) is 0 Å². The van der Waals surface area contributed by atoms with Crippen LogP contribution in [0.4, 0.5) is 4.39 Å². The van der Waals surface area contributed by atoms with Gasteiger partial charge in [0.15, 0.2) is 0 Å². The van der Waals surface area contributed by atoms with Gasteiger partial charge < -0.3 is 5.11 Å². The highest BCUT2D eigenvalue weighted by atomic mass is 79.9. The number of aryl methyl sites for hydroxylation is 1. The summed E-state index contributed by atoms with van der Waals surface area (Å²) in [6.07, 6.45) is 0.00939. The Bertz CT molecular complexity index is 537. The van der Waals surface area contributed by atoms with Crippen molar-refractivity contribution >= 4 is 15.9 Å². The Morgan fingerprint density at radius 2 is 1.83 bits per heavy atom. The van der Waals surface area contributed by atoms with Crippen LogP contribution >= 0.6 is 15.9 Å². The van der Waals surface area contributed by atoms with Gasteiger partial charge in [-0.05, 0) is 35.7 Å². The molecule has 0 aromatic heterocycles. The average molecular weight is 309 g/mol. The van der Waals surface area contributed by atoms with E-state index in [1.165, 1.54) is 11.6 Å². The molecule has 0 radical (unpaired) electrons. The van der Waals surface area contributed by atoms with Crippen molar-refractivity contribution in [2.45, 2.75) is 19.4 Å². The lowest BCUT2D eigenvalue weighted by Crippen LogP contribution is -2.02. The molecular weight excluding hydrogens is 295 g/mol. The molecule has 1 atom stereocenters. The summed E-state index contributed by atoms with van der Waals surface area (Å²) in [6, 6.07) is 12.2. The molecule has 94 valence electrons. The fourth-order valence-electron chi connectivity index (χ4n) is 1.84. The summed E-state index contributed by atoms with van der Waals surface area (Å²) < 4.78 is 14.4. The minimum Gasteiger partial charge on any atom is -0.384 e. The van der Waals surface area contributed by atoms with E-state index in [1.807, 2.05) is 24.3 Å². The zero-order chi connectivity index (χ0) is 13.1. The quantitative estimate of drug-likeness (QED) is 0.899. The third-order valence-corrected chi connectivity index (χ3v) is 3.45. The first kappa shape index (κ1) is 13.2. The highest BCUT2D eigenvalue weighted by Crippen LogP contribution is 2.27. The molecule has 0 spiro atoms. The van der Waals surface area contributed by atoms with Gasteiger partial charge in [-0.25, -0.2) is 4.39 Å². The van der Waals surface area contributed by atoms with Gasteiger partial charge in [0.25, 0.3) is 0 Å². The van der Waals surface area contributed by atoms with Gasteiger partial charge in [0, 0.05) is 10.0 Å². The largest absolute Gasteiger partial charge is 0.384 e. The molecular formula is C15H14BrFO. The van der Waals surface area contributed by atoms with Crippen molar-refractivity contribution in [2.75, 3.05) is 0 Å². The fourth-order valence-corrected chi connectivity index (χ4v) is 2.22. The van der Waals surface area contributed by atoms with E-state index >= 15 is 0 Å². The molecule has 0 bridgehead atoms. The molecule has 0 aliphatic carbocycles. The van der Waals surface area contributed by atoms with Gasteiger partial charge in [-0.3, -0.25) is 0 Å². The molecule has 1 unspecified atom stereocenters. The fraction of sp³-hybridized carbons (Fsp3) is 0.200. The van der Waals surface area contributed by atoms with Crippen LogP contribution in [0.2, 0.25) is 0 Å². The number of aliphatic hydroxyl groups excluding tert-OH is 1. The van der Waals surface area contributed by atoms with E-state index in [0.29, 0.717) is 5.56 Å². The normalized spacial score (nSPS) is 12.4. The first-order valence-electron chi connectivity index (χ1n) is 5.83. The monoisotopic (exact) mass is 308 g/mol. The molecule has 0 saturated heterocycles. The first-order chi connectivity index (χ1) is 8.61. The Kier molecular flexibility index (Phi) is 4.15. The Balaban J connectivity index is 2.34. The van der Waals surface area contributed by atoms with Gasteiger partial charge >= 0.3 is 0 Å². The molecule has 1 nitrogen and oxygen atoms in total. The van der Waals surface area contributed by atoms with Gasteiger partial charge in [0.2, 0.25) is 0 Å². The molecule has 0 saturated carbocycles. The summed E-state index contributed by atoms with van der Waals surface area (Å²) in [5.74, 6) is -0.398. The third-order valence-electron chi connectivity index (χ3n) is 2.96. The van der Waals surface area contributed by atoms with Crippen LogP contribution < -0.4 is 0 Å². The number of hydrogen-bond donors (Lipinski definition) is 1. The number of hydrogen-bond acceptors (Lipinski definition) is 1. The molecule has 0 fully saturated rings. The second-order valence-corrected chi connectivity index (χ2v) is 5.08. The first-order valence-corrected chi connectivity index (χ1v) is 6.63. The van der Waals surface area contributed by atoms with Gasteiger partial charge in [-0.15, -0.1) is 0 Å². The Hall–Kier alpha value is -1.19.